The number of ketones is 1. The number of Topliss-reactive ketones (excluding diaryl/α,β-unsaturated/α-hetero) is 1. The number of hydrogen-bond acceptors (Lipinski definition) is 3. The third-order valence-corrected chi connectivity index (χ3v) is 6.24. The SMILES string of the molecule is CC(=O)c1cn(CCCN2CCCC(Oc3ccc(Cl)cc3)C2)c2c(Cl)cccc12. The Morgan fingerprint density at radius 2 is 1.93 bits per heavy atom. The smallest absolute Gasteiger partial charge is 0.161 e. The molecule has 0 aliphatic carbocycles. The number of benzene rings is 2. The molecule has 1 aliphatic heterocycles. The minimum Gasteiger partial charge on any atom is -0.489 e. The van der Waals surface area contributed by atoms with E-state index in [0.29, 0.717) is 5.02 Å². The number of rotatable bonds is 7. The molecule has 1 aliphatic rings. The van der Waals surface area contributed by atoms with Gasteiger partial charge in [0.05, 0.1) is 10.5 Å². The third-order valence-electron chi connectivity index (χ3n) is 5.68. The third kappa shape index (κ3) is 4.83. The van der Waals surface area contributed by atoms with E-state index in [4.69, 9.17) is 27.9 Å². The molecule has 4 rings (SSSR count). The topological polar surface area (TPSA) is 34.5 Å². The molecule has 6 heteroatoms. The predicted molar refractivity (Wildman–Crippen MR) is 123 cm³/mol. The number of halogens is 2. The highest BCUT2D eigenvalue weighted by atomic mass is 35.5. The number of hydrogen-bond donors (Lipinski definition) is 0. The molecular weight excluding hydrogens is 419 g/mol. The van der Waals surface area contributed by atoms with E-state index in [1.54, 1.807) is 6.92 Å². The van der Waals surface area contributed by atoms with Crippen LogP contribution >= 0.6 is 23.2 Å². The fourth-order valence-corrected chi connectivity index (χ4v) is 4.66. The van der Waals surface area contributed by atoms with Crippen molar-refractivity contribution < 1.29 is 9.53 Å². The first kappa shape index (κ1) is 21.2. The van der Waals surface area contributed by atoms with E-state index in [1.807, 2.05) is 48.7 Å². The maximum atomic E-state index is 12.0. The molecule has 0 bridgehead atoms. The highest BCUT2D eigenvalue weighted by Gasteiger charge is 2.21. The molecule has 3 aromatic rings. The first-order chi connectivity index (χ1) is 14.5. The molecule has 1 unspecified atom stereocenters. The van der Waals surface area contributed by atoms with Gasteiger partial charge in [0.2, 0.25) is 0 Å². The summed E-state index contributed by atoms with van der Waals surface area (Å²) in [6, 6.07) is 13.3. The lowest BCUT2D eigenvalue weighted by molar-refractivity contribution is 0.0872. The van der Waals surface area contributed by atoms with Gasteiger partial charge in [-0.2, -0.15) is 0 Å². The summed E-state index contributed by atoms with van der Waals surface area (Å²) < 4.78 is 8.27. The van der Waals surface area contributed by atoms with Crippen molar-refractivity contribution in [2.24, 2.45) is 0 Å². The molecule has 0 radical (unpaired) electrons. The Morgan fingerprint density at radius 3 is 2.70 bits per heavy atom. The van der Waals surface area contributed by atoms with Gasteiger partial charge in [0.15, 0.2) is 5.78 Å². The molecule has 1 saturated heterocycles. The van der Waals surface area contributed by atoms with Crippen molar-refractivity contribution in [2.45, 2.75) is 38.8 Å². The van der Waals surface area contributed by atoms with E-state index < -0.39 is 0 Å². The van der Waals surface area contributed by atoms with Gasteiger partial charge in [-0.15, -0.1) is 0 Å². The van der Waals surface area contributed by atoms with Gasteiger partial charge in [-0.3, -0.25) is 9.69 Å². The van der Waals surface area contributed by atoms with Gasteiger partial charge in [-0.05, 0) is 69.6 Å². The standard InChI is InChI=1S/C24H26Cl2N2O2/c1-17(29)22-16-28(24-21(22)6-2-7-23(24)26)14-4-13-27-12-3-5-20(15-27)30-19-10-8-18(25)9-11-19/h2,6-11,16,20H,3-5,12-15H2,1H3. The summed E-state index contributed by atoms with van der Waals surface area (Å²) in [4.78, 5) is 14.5. The second kappa shape index (κ2) is 9.42. The van der Waals surface area contributed by atoms with E-state index in [1.165, 1.54) is 0 Å². The number of nitrogens with zero attached hydrogens (tertiary/aromatic N) is 2. The molecule has 2 aromatic carbocycles. The van der Waals surface area contributed by atoms with Gasteiger partial charge in [0.1, 0.15) is 11.9 Å². The number of para-hydroxylation sites is 1. The summed E-state index contributed by atoms with van der Waals surface area (Å²) in [5, 5.41) is 2.34. The summed E-state index contributed by atoms with van der Waals surface area (Å²) >= 11 is 12.4. The highest BCUT2D eigenvalue weighted by Crippen LogP contribution is 2.29. The molecule has 0 amide bonds. The number of carbonyl (C=O) groups excluding carboxylic acids is 1. The van der Waals surface area contributed by atoms with Gasteiger partial charge < -0.3 is 9.30 Å². The second-order valence-corrected chi connectivity index (χ2v) is 8.76. The molecular formula is C24H26Cl2N2O2. The van der Waals surface area contributed by atoms with Gasteiger partial charge in [-0.1, -0.05) is 35.3 Å². The molecule has 158 valence electrons. The monoisotopic (exact) mass is 444 g/mol. The maximum Gasteiger partial charge on any atom is 0.161 e. The number of ether oxygens (including phenoxy) is 1. The van der Waals surface area contributed by atoms with E-state index >= 15 is 0 Å². The van der Waals surface area contributed by atoms with Crippen LogP contribution in [0.2, 0.25) is 10.0 Å². The lowest BCUT2D eigenvalue weighted by Crippen LogP contribution is -2.41. The number of aryl methyl sites for hydroxylation is 1. The first-order valence-electron chi connectivity index (χ1n) is 10.4. The fourth-order valence-electron chi connectivity index (χ4n) is 4.25. The Bertz CT molecular complexity index is 1030. The predicted octanol–water partition coefficient (Wildman–Crippen LogP) is 6.08. The van der Waals surface area contributed by atoms with Gasteiger partial charge in [0, 0.05) is 35.3 Å². The highest BCUT2D eigenvalue weighted by molar-refractivity contribution is 6.35. The van der Waals surface area contributed by atoms with Crippen LogP contribution in [0.5, 0.6) is 5.75 Å². The molecule has 4 nitrogen and oxygen atoms in total. The van der Waals surface area contributed by atoms with Crippen molar-refractivity contribution in [3.63, 3.8) is 0 Å². The Balaban J connectivity index is 1.36. The van der Waals surface area contributed by atoms with E-state index in [2.05, 4.69) is 9.47 Å². The summed E-state index contributed by atoms with van der Waals surface area (Å²) in [5.74, 6) is 0.940. The van der Waals surface area contributed by atoms with Gasteiger partial charge in [0.25, 0.3) is 0 Å². The van der Waals surface area contributed by atoms with Crippen LogP contribution in [0.4, 0.5) is 0 Å². The molecule has 1 aromatic heterocycles. The first-order valence-corrected chi connectivity index (χ1v) is 11.2. The summed E-state index contributed by atoms with van der Waals surface area (Å²) in [6.07, 6.45) is 5.33. The molecule has 1 fully saturated rings. The molecule has 0 spiro atoms. The van der Waals surface area contributed by atoms with Crippen LogP contribution in [0.25, 0.3) is 10.9 Å². The van der Waals surface area contributed by atoms with Crippen molar-refractivity contribution in [3.05, 3.63) is 64.3 Å². The fraction of sp³-hybridized carbons (Fsp3) is 0.375. The van der Waals surface area contributed by atoms with E-state index in [-0.39, 0.29) is 11.9 Å². The van der Waals surface area contributed by atoms with Gasteiger partial charge >= 0.3 is 0 Å². The normalized spacial score (nSPS) is 17.4. The number of piperidine rings is 1. The molecule has 1 atom stereocenters. The minimum absolute atomic E-state index is 0.0687. The zero-order chi connectivity index (χ0) is 21.1. The van der Waals surface area contributed by atoms with Crippen molar-refractivity contribution in [3.8, 4) is 5.75 Å². The van der Waals surface area contributed by atoms with E-state index in [0.717, 1.165) is 72.7 Å². The Hall–Kier alpha value is -2.01. The number of aromatic nitrogens is 1. The van der Waals surface area contributed by atoms with Crippen molar-refractivity contribution in [1.29, 1.82) is 0 Å². The average Bonchev–Trinajstić information content (AvgIpc) is 3.10. The summed E-state index contributed by atoms with van der Waals surface area (Å²) in [6.45, 7) is 5.43. The van der Waals surface area contributed by atoms with Crippen molar-refractivity contribution in [2.75, 3.05) is 19.6 Å². The molecule has 0 N–H and O–H groups in total. The van der Waals surface area contributed by atoms with Gasteiger partial charge in [-0.25, -0.2) is 0 Å². The van der Waals surface area contributed by atoms with Crippen LogP contribution in [0.3, 0.4) is 0 Å². The molecule has 0 saturated carbocycles. The van der Waals surface area contributed by atoms with E-state index in [9.17, 15) is 4.79 Å². The van der Waals surface area contributed by atoms with Crippen LogP contribution in [0, 0.1) is 0 Å². The Morgan fingerprint density at radius 1 is 1.13 bits per heavy atom. The van der Waals surface area contributed by atoms with Crippen molar-refractivity contribution >= 4 is 39.9 Å². The number of carbonyl (C=O) groups is 1. The lowest BCUT2D eigenvalue weighted by Gasteiger charge is -2.33. The van der Waals surface area contributed by atoms with Crippen LogP contribution in [-0.4, -0.2) is 41.0 Å². The molecule has 30 heavy (non-hydrogen) atoms. The minimum atomic E-state index is 0.0687. The van der Waals surface area contributed by atoms with Crippen LogP contribution in [0.15, 0.2) is 48.7 Å². The largest absolute Gasteiger partial charge is 0.489 e. The molecule has 2 heterocycles. The van der Waals surface area contributed by atoms with Crippen LogP contribution in [-0.2, 0) is 6.54 Å². The zero-order valence-corrected chi connectivity index (χ0v) is 18.6. The zero-order valence-electron chi connectivity index (χ0n) is 17.1. The number of likely N-dealkylation sites (tertiary alicyclic amines) is 1. The van der Waals surface area contributed by atoms with Crippen molar-refractivity contribution in [1.82, 2.24) is 9.47 Å². The Kier molecular flexibility index (Phi) is 6.67. The summed E-state index contributed by atoms with van der Waals surface area (Å²) in [5.41, 5.74) is 1.69. The maximum absolute atomic E-state index is 12.0. The quantitative estimate of drug-likeness (QED) is 0.413. The summed E-state index contributed by atoms with van der Waals surface area (Å²) in [7, 11) is 0. The second-order valence-electron chi connectivity index (χ2n) is 7.92. The lowest BCUT2D eigenvalue weighted by atomic mass is 10.1. The Labute approximate surface area is 187 Å². The van der Waals surface area contributed by atoms with Crippen LogP contribution in [0.1, 0.15) is 36.5 Å². The average molecular weight is 445 g/mol. The van der Waals surface area contributed by atoms with Crippen LogP contribution < -0.4 is 4.74 Å². The number of fused-ring (bicyclic) bond motifs is 1.